The number of allylic oxidation sites excluding steroid dienone is 1. The van der Waals surface area contributed by atoms with Gasteiger partial charge >= 0.3 is 0 Å². The van der Waals surface area contributed by atoms with Crippen molar-refractivity contribution in [1.82, 2.24) is 30.4 Å². The molecule has 7 rings (SSSR count). The molecule has 0 aliphatic carbocycles. The molecule has 0 saturated carbocycles. The van der Waals surface area contributed by atoms with Crippen LogP contribution in [-0.4, -0.2) is 115 Å². The lowest BCUT2D eigenvalue weighted by atomic mass is 10.0. The van der Waals surface area contributed by atoms with Crippen molar-refractivity contribution in [3.05, 3.63) is 102 Å². The second-order valence-corrected chi connectivity index (χ2v) is 21.0. The third-order valence-corrected chi connectivity index (χ3v) is 14.4. The predicted octanol–water partition coefficient (Wildman–Crippen LogP) is 6.23. The van der Waals surface area contributed by atoms with Crippen LogP contribution in [0.5, 0.6) is 5.75 Å². The summed E-state index contributed by atoms with van der Waals surface area (Å²) < 4.78 is 31.7. The molecular weight excluding hydrogens is 915 g/mol. The summed E-state index contributed by atoms with van der Waals surface area (Å²) in [5.41, 5.74) is 3.46. The number of ketones is 1. The molecule has 1 atom stereocenters. The van der Waals surface area contributed by atoms with Crippen molar-refractivity contribution in [3.63, 3.8) is 0 Å². The van der Waals surface area contributed by atoms with Gasteiger partial charge in [-0.2, -0.15) is 4.98 Å². The molecule has 0 bridgehead atoms. The topological polar surface area (TPSA) is 229 Å². The molecule has 2 saturated heterocycles. The van der Waals surface area contributed by atoms with Gasteiger partial charge in [-0.1, -0.05) is 45.9 Å². The van der Waals surface area contributed by atoms with Gasteiger partial charge in [0.2, 0.25) is 17.8 Å². The van der Waals surface area contributed by atoms with Crippen molar-refractivity contribution < 1.29 is 41.9 Å². The molecule has 4 N–H and O–H groups in total. The number of sulfone groups is 1. The Balaban J connectivity index is 0.764. The largest absolute Gasteiger partial charge is 0.483 e. The summed E-state index contributed by atoms with van der Waals surface area (Å²) in [6.45, 7) is 13.7. The fraction of sp³-hybridized carbons (Fsp3) is 0.412. The number of rotatable bonds is 20. The average molecular weight is 976 g/mol. The molecule has 3 aliphatic heterocycles. The first kappa shape index (κ1) is 50.7. The third kappa shape index (κ3) is 12.9. The van der Waals surface area contributed by atoms with Gasteiger partial charge in [-0.25, -0.2) is 13.4 Å². The lowest BCUT2D eigenvalue weighted by Gasteiger charge is -2.36. The standard InChI is InChI=1S/C51H61N9O9S/c1-33-30-53-50(57-46(33)55-36-11-9-13-39(29-36)70(67,68)32-51(3,4)5)56-35-17-19-37(20-18-35)58-25-27-59(28-26-58)44(63)23-21-38(61)12-7-6-8-24-52-43(62)31-69-42-15-10-14-40-45(42)49(66)60(48(40)65)41-22-16-34(2)54-47(41)64/h9-11,13-15,17-20,29-30,41H,2,6-8,12,16,21-28,31-32H2,1,3-5H3,(H,52,62)(H,54,64)(H2,53,55,56,57). The number of anilines is 5. The van der Waals surface area contributed by atoms with E-state index in [0.717, 1.165) is 21.8 Å². The summed E-state index contributed by atoms with van der Waals surface area (Å²) in [5.74, 6) is -1.11. The van der Waals surface area contributed by atoms with Crippen LogP contribution in [0.3, 0.4) is 0 Å². The highest BCUT2D eigenvalue weighted by Gasteiger charge is 2.45. The number of hydrogen-bond acceptors (Lipinski definition) is 14. The molecule has 3 aliphatic rings. The summed E-state index contributed by atoms with van der Waals surface area (Å²) in [5, 5.41) is 11.9. The number of nitrogens with one attached hydrogen (secondary N) is 4. The highest BCUT2D eigenvalue weighted by Crippen LogP contribution is 2.34. The minimum atomic E-state index is -3.48. The van der Waals surface area contributed by atoms with Gasteiger partial charge in [0.15, 0.2) is 16.4 Å². The van der Waals surface area contributed by atoms with Gasteiger partial charge in [0.1, 0.15) is 23.4 Å². The Morgan fingerprint density at radius 3 is 2.34 bits per heavy atom. The van der Waals surface area contributed by atoms with Gasteiger partial charge in [-0.3, -0.25) is 33.7 Å². The van der Waals surface area contributed by atoms with Crippen LogP contribution in [0.1, 0.15) is 98.4 Å². The Morgan fingerprint density at radius 2 is 1.61 bits per heavy atom. The number of aryl methyl sites for hydroxylation is 1. The third-order valence-electron chi connectivity index (χ3n) is 12.1. The summed E-state index contributed by atoms with van der Waals surface area (Å²) in [4.78, 5) is 91.5. The van der Waals surface area contributed by atoms with Gasteiger partial charge in [-0.05, 0) is 92.6 Å². The Labute approximate surface area is 408 Å². The van der Waals surface area contributed by atoms with Crippen LogP contribution >= 0.6 is 0 Å². The average Bonchev–Trinajstić information content (AvgIpc) is 3.57. The van der Waals surface area contributed by atoms with Crippen molar-refractivity contribution in [3.8, 4) is 5.75 Å². The van der Waals surface area contributed by atoms with E-state index in [0.29, 0.717) is 88.0 Å². The molecule has 370 valence electrons. The summed E-state index contributed by atoms with van der Waals surface area (Å²) >= 11 is 0. The number of Topliss-reactive ketones (excluding diaryl/α,β-unsaturated/α-hetero) is 1. The molecule has 70 heavy (non-hydrogen) atoms. The van der Waals surface area contributed by atoms with Crippen LogP contribution in [0, 0.1) is 12.3 Å². The zero-order valence-corrected chi connectivity index (χ0v) is 41.0. The number of imide groups is 1. The molecule has 2 fully saturated rings. The number of unbranched alkanes of at least 4 members (excludes halogenated alkanes) is 2. The van der Waals surface area contributed by atoms with Crippen molar-refractivity contribution in [2.45, 2.75) is 90.0 Å². The summed E-state index contributed by atoms with van der Waals surface area (Å²) in [6, 6.07) is 18.2. The zero-order chi connectivity index (χ0) is 50.2. The van der Waals surface area contributed by atoms with E-state index in [1.54, 1.807) is 41.4 Å². The number of nitrogens with zero attached hydrogens (tertiary/aromatic N) is 5. The monoisotopic (exact) mass is 975 g/mol. The number of aromatic nitrogens is 2. The smallest absolute Gasteiger partial charge is 0.266 e. The predicted molar refractivity (Wildman–Crippen MR) is 265 cm³/mol. The number of carbonyl (C=O) groups is 6. The van der Waals surface area contributed by atoms with Crippen molar-refractivity contribution >= 4 is 74.0 Å². The maximum absolute atomic E-state index is 13.3. The van der Waals surface area contributed by atoms with E-state index in [9.17, 15) is 37.2 Å². The Kier molecular flexibility index (Phi) is 16.0. The van der Waals surface area contributed by atoms with E-state index >= 15 is 0 Å². The number of fused-ring (bicyclic) bond motifs is 1. The quantitative estimate of drug-likeness (QED) is 0.0569. The number of piperidine rings is 1. The van der Waals surface area contributed by atoms with Gasteiger partial charge in [-0.15, -0.1) is 0 Å². The number of benzene rings is 3. The van der Waals surface area contributed by atoms with E-state index in [1.165, 1.54) is 12.1 Å². The van der Waals surface area contributed by atoms with Crippen LogP contribution in [0.4, 0.5) is 28.8 Å². The maximum atomic E-state index is 13.3. The molecule has 1 aromatic heterocycles. The lowest BCUT2D eigenvalue weighted by Crippen LogP contribution is -2.51. The first-order valence-electron chi connectivity index (χ1n) is 23.6. The first-order valence-corrected chi connectivity index (χ1v) is 25.2. The SMILES string of the molecule is C=C1CCC(N2C(=O)c3cccc(OCC(=O)NCCCCCC(=O)CCC(=O)N4CCN(c5ccc(Nc6ncc(C)c(Nc7cccc(S(=O)(=O)CC(C)(C)C)c7)n6)cc5)CC4)c3C2=O)C(=O)N1. The zero-order valence-electron chi connectivity index (χ0n) is 40.1. The van der Waals surface area contributed by atoms with Crippen LogP contribution < -0.4 is 30.9 Å². The van der Waals surface area contributed by atoms with Gasteiger partial charge in [0, 0.05) is 86.5 Å². The molecule has 3 aromatic carbocycles. The molecular formula is C51H61N9O9S. The Morgan fingerprint density at radius 1 is 0.871 bits per heavy atom. The number of amides is 5. The van der Waals surface area contributed by atoms with E-state index in [-0.39, 0.29) is 70.5 Å². The number of carbonyl (C=O) groups excluding carboxylic acids is 6. The second kappa shape index (κ2) is 22.1. The number of hydrogen-bond donors (Lipinski definition) is 4. The fourth-order valence-corrected chi connectivity index (χ4v) is 10.4. The Hall–Kier alpha value is -7.15. The van der Waals surface area contributed by atoms with Crippen molar-refractivity contribution in [2.24, 2.45) is 5.41 Å². The molecule has 18 nitrogen and oxygen atoms in total. The molecule has 1 unspecified atom stereocenters. The molecule has 19 heteroatoms. The lowest BCUT2D eigenvalue weighted by molar-refractivity contribution is -0.133. The molecule has 5 amide bonds. The van der Waals surface area contributed by atoms with E-state index < -0.39 is 39.5 Å². The minimum absolute atomic E-state index is 0.0210. The van der Waals surface area contributed by atoms with E-state index in [4.69, 9.17) is 4.74 Å². The maximum Gasteiger partial charge on any atom is 0.266 e. The van der Waals surface area contributed by atoms with E-state index in [1.807, 2.05) is 52.0 Å². The first-order chi connectivity index (χ1) is 33.3. The van der Waals surface area contributed by atoms with Crippen LogP contribution in [0.15, 0.2) is 90.1 Å². The van der Waals surface area contributed by atoms with E-state index in [2.05, 4.69) is 42.7 Å². The molecule has 0 radical (unpaired) electrons. The normalized spacial score (nSPS) is 16.2. The fourth-order valence-electron chi connectivity index (χ4n) is 8.54. The highest BCUT2D eigenvalue weighted by molar-refractivity contribution is 7.91. The van der Waals surface area contributed by atoms with Gasteiger partial charge < -0.3 is 35.8 Å². The van der Waals surface area contributed by atoms with Crippen LogP contribution in [0.25, 0.3) is 0 Å². The van der Waals surface area contributed by atoms with Crippen LogP contribution in [-0.2, 0) is 29.0 Å². The van der Waals surface area contributed by atoms with Crippen molar-refractivity contribution in [2.75, 3.05) is 60.6 Å². The van der Waals surface area contributed by atoms with Crippen LogP contribution in [0.2, 0.25) is 0 Å². The molecule has 0 spiro atoms. The summed E-state index contributed by atoms with van der Waals surface area (Å²) in [7, 11) is -3.48. The molecule has 4 aromatic rings. The second-order valence-electron chi connectivity index (χ2n) is 19.0. The Bertz CT molecular complexity index is 2770. The highest BCUT2D eigenvalue weighted by atomic mass is 32.2. The summed E-state index contributed by atoms with van der Waals surface area (Å²) in [6.07, 6.45) is 5.05. The van der Waals surface area contributed by atoms with Gasteiger partial charge in [0.25, 0.3) is 17.7 Å². The minimum Gasteiger partial charge on any atom is -0.483 e. The van der Waals surface area contributed by atoms with Gasteiger partial charge in [0.05, 0.1) is 21.8 Å². The number of ether oxygens (including phenoxy) is 1. The number of piperazine rings is 1. The van der Waals surface area contributed by atoms with Crippen molar-refractivity contribution in [1.29, 1.82) is 0 Å². The molecule has 4 heterocycles.